The van der Waals surface area contributed by atoms with Gasteiger partial charge in [-0.05, 0) is 55.2 Å². The minimum Gasteiger partial charge on any atom is -0.508 e. The Bertz CT molecular complexity index is 544. The Morgan fingerprint density at radius 3 is 1.85 bits per heavy atom. The second-order valence-corrected chi connectivity index (χ2v) is 5.52. The third-order valence-electron chi connectivity index (χ3n) is 3.31. The first-order chi connectivity index (χ1) is 9.48. The van der Waals surface area contributed by atoms with Crippen LogP contribution in [0.3, 0.4) is 0 Å². The van der Waals surface area contributed by atoms with Gasteiger partial charge in [0, 0.05) is 5.54 Å². The third kappa shape index (κ3) is 4.00. The van der Waals surface area contributed by atoms with Crippen molar-refractivity contribution in [1.82, 2.24) is 0 Å². The molecule has 0 fully saturated rings. The largest absolute Gasteiger partial charge is 0.508 e. The molecule has 2 aromatic carbocycles. The molecule has 3 N–H and O–H groups in total. The molecule has 0 aliphatic carbocycles. The van der Waals surface area contributed by atoms with Gasteiger partial charge < -0.3 is 15.6 Å². The summed E-state index contributed by atoms with van der Waals surface area (Å²) in [6.45, 7) is 2.05. The Hall–Kier alpha value is -2.00. The Labute approximate surface area is 120 Å². The quantitative estimate of drug-likeness (QED) is 0.879. The molecule has 0 saturated heterocycles. The molecule has 3 nitrogen and oxygen atoms in total. The maximum Gasteiger partial charge on any atom is 0.118 e. The zero-order chi connectivity index (χ0) is 14.6. The average Bonchev–Trinajstić information content (AvgIpc) is 2.41. The fourth-order valence-electron chi connectivity index (χ4n) is 2.35. The molecule has 0 aliphatic rings. The molecule has 3 heteroatoms. The number of phenols is 1. The molecule has 2 aromatic rings. The maximum atomic E-state index is 9.30. The van der Waals surface area contributed by atoms with Gasteiger partial charge in [-0.3, -0.25) is 0 Å². The van der Waals surface area contributed by atoms with Crippen LogP contribution >= 0.6 is 0 Å². The number of methoxy groups -OCH3 is 1. The average molecular weight is 271 g/mol. The Kier molecular flexibility index (Phi) is 4.30. The van der Waals surface area contributed by atoms with Crippen LogP contribution in [0.1, 0.15) is 18.1 Å². The summed E-state index contributed by atoms with van der Waals surface area (Å²) in [4.78, 5) is 0. The molecule has 0 spiro atoms. The van der Waals surface area contributed by atoms with Gasteiger partial charge in [0.2, 0.25) is 0 Å². The van der Waals surface area contributed by atoms with Crippen molar-refractivity contribution < 1.29 is 9.84 Å². The molecule has 0 saturated carbocycles. The standard InChI is InChI=1S/C17H21NO2/c1-17(18,11-13-3-7-15(19)8-4-13)12-14-5-9-16(20-2)10-6-14/h3-10,19H,11-12,18H2,1-2H3. The summed E-state index contributed by atoms with van der Waals surface area (Å²) in [5.41, 5.74) is 8.38. The van der Waals surface area contributed by atoms with Crippen LogP contribution in [0.4, 0.5) is 0 Å². The predicted molar refractivity (Wildman–Crippen MR) is 81.1 cm³/mol. The van der Waals surface area contributed by atoms with Crippen molar-refractivity contribution in [3.63, 3.8) is 0 Å². The van der Waals surface area contributed by atoms with Crippen LogP contribution in [0, 0.1) is 0 Å². The lowest BCUT2D eigenvalue weighted by Crippen LogP contribution is -2.40. The molecule has 1 atom stereocenters. The summed E-state index contributed by atoms with van der Waals surface area (Å²) in [6, 6.07) is 15.2. The molecule has 0 amide bonds. The van der Waals surface area contributed by atoms with Crippen molar-refractivity contribution in [3.05, 3.63) is 59.7 Å². The Balaban J connectivity index is 2.03. The zero-order valence-corrected chi connectivity index (χ0v) is 12.0. The lowest BCUT2D eigenvalue weighted by Gasteiger charge is -2.25. The fourth-order valence-corrected chi connectivity index (χ4v) is 2.35. The number of aromatic hydroxyl groups is 1. The van der Waals surface area contributed by atoms with Gasteiger partial charge in [-0.2, -0.15) is 0 Å². The molecule has 0 heterocycles. The van der Waals surface area contributed by atoms with Gasteiger partial charge >= 0.3 is 0 Å². The van der Waals surface area contributed by atoms with Gasteiger partial charge in [0.25, 0.3) is 0 Å². The van der Waals surface area contributed by atoms with Crippen LogP contribution in [-0.4, -0.2) is 17.8 Å². The van der Waals surface area contributed by atoms with Gasteiger partial charge in [0.1, 0.15) is 11.5 Å². The summed E-state index contributed by atoms with van der Waals surface area (Å²) < 4.78 is 5.15. The van der Waals surface area contributed by atoms with E-state index in [0.717, 1.165) is 24.2 Å². The number of hydrogen-bond donors (Lipinski definition) is 2. The summed E-state index contributed by atoms with van der Waals surface area (Å²) in [5, 5.41) is 9.30. The van der Waals surface area contributed by atoms with Crippen molar-refractivity contribution in [2.24, 2.45) is 5.73 Å². The number of benzene rings is 2. The topological polar surface area (TPSA) is 55.5 Å². The summed E-state index contributed by atoms with van der Waals surface area (Å²) in [5.74, 6) is 1.13. The highest BCUT2D eigenvalue weighted by atomic mass is 16.5. The first-order valence-electron chi connectivity index (χ1n) is 6.68. The van der Waals surface area contributed by atoms with Crippen LogP contribution in [0.2, 0.25) is 0 Å². The van der Waals surface area contributed by atoms with Gasteiger partial charge in [-0.25, -0.2) is 0 Å². The van der Waals surface area contributed by atoms with Crippen LogP contribution in [0.25, 0.3) is 0 Å². The SMILES string of the molecule is COc1ccc(CC(C)(N)Cc2ccc(O)cc2)cc1. The Morgan fingerprint density at radius 2 is 1.40 bits per heavy atom. The molecule has 20 heavy (non-hydrogen) atoms. The normalized spacial score (nSPS) is 13.8. The van der Waals surface area contributed by atoms with E-state index in [1.807, 2.05) is 43.3 Å². The van der Waals surface area contributed by atoms with Crippen LogP contribution in [-0.2, 0) is 12.8 Å². The third-order valence-corrected chi connectivity index (χ3v) is 3.31. The number of hydrogen-bond acceptors (Lipinski definition) is 3. The van der Waals surface area contributed by atoms with Crippen LogP contribution in [0.15, 0.2) is 48.5 Å². The molecule has 106 valence electrons. The first-order valence-corrected chi connectivity index (χ1v) is 6.68. The Morgan fingerprint density at radius 1 is 0.950 bits per heavy atom. The lowest BCUT2D eigenvalue weighted by atomic mass is 9.87. The monoisotopic (exact) mass is 271 g/mol. The maximum absolute atomic E-state index is 9.30. The molecule has 2 rings (SSSR count). The highest BCUT2D eigenvalue weighted by Gasteiger charge is 2.19. The van der Waals surface area contributed by atoms with E-state index in [-0.39, 0.29) is 11.3 Å². The van der Waals surface area contributed by atoms with E-state index < -0.39 is 0 Å². The van der Waals surface area contributed by atoms with Crippen molar-refractivity contribution in [3.8, 4) is 11.5 Å². The molecule has 1 unspecified atom stereocenters. The van der Waals surface area contributed by atoms with E-state index in [1.165, 1.54) is 5.56 Å². The number of phenolic OH excluding ortho intramolecular Hbond substituents is 1. The molecular weight excluding hydrogens is 250 g/mol. The second-order valence-electron chi connectivity index (χ2n) is 5.52. The van der Waals surface area contributed by atoms with E-state index in [4.69, 9.17) is 10.5 Å². The molecule has 0 radical (unpaired) electrons. The van der Waals surface area contributed by atoms with Crippen LogP contribution < -0.4 is 10.5 Å². The van der Waals surface area contributed by atoms with Gasteiger partial charge in [0.05, 0.1) is 7.11 Å². The lowest BCUT2D eigenvalue weighted by molar-refractivity contribution is 0.414. The van der Waals surface area contributed by atoms with Gasteiger partial charge in [-0.1, -0.05) is 24.3 Å². The predicted octanol–water partition coefficient (Wildman–Crippen LogP) is 2.90. The van der Waals surface area contributed by atoms with Gasteiger partial charge in [-0.15, -0.1) is 0 Å². The van der Waals surface area contributed by atoms with Crippen molar-refractivity contribution in [2.75, 3.05) is 7.11 Å². The first kappa shape index (κ1) is 14.4. The highest BCUT2D eigenvalue weighted by Crippen LogP contribution is 2.20. The van der Waals surface area contributed by atoms with E-state index >= 15 is 0 Å². The number of nitrogens with two attached hydrogens (primary N) is 1. The highest BCUT2D eigenvalue weighted by molar-refractivity contribution is 5.30. The van der Waals surface area contributed by atoms with Crippen LogP contribution in [0.5, 0.6) is 11.5 Å². The second kappa shape index (κ2) is 5.97. The molecule has 0 aliphatic heterocycles. The molecular formula is C17H21NO2. The van der Waals surface area contributed by atoms with E-state index in [9.17, 15) is 5.11 Å². The summed E-state index contributed by atoms with van der Waals surface area (Å²) in [7, 11) is 1.66. The van der Waals surface area contributed by atoms with Crippen molar-refractivity contribution in [2.45, 2.75) is 25.3 Å². The summed E-state index contributed by atoms with van der Waals surface area (Å²) in [6.07, 6.45) is 1.55. The minimum atomic E-state index is -0.328. The van der Waals surface area contributed by atoms with Gasteiger partial charge in [0.15, 0.2) is 0 Å². The van der Waals surface area contributed by atoms with Crippen molar-refractivity contribution in [1.29, 1.82) is 0 Å². The molecule has 0 bridgehead atoms. The minimum absolute atomic E-state index is 0.280. The van der Waals surface area contributed by atoms with E-state index in [2.05, 4.69) is 0 Å². The zero-order valence-electron chi connectivity index (χ0n) is 12.0. The number of rotatable bonds is 5. The molecule has 0 aromatic heterocycles. The van der Waals surface area contributed by atoms with E-state index in [0.29, 0.717) is 0 Å². The van der Waals surface area contributed by atoms with E-state index in [1.54, 1.807) is 19.2 Å². The summed E-state index contributed by atoms with van der Waals surface area (Å²) >= 11 is 0. The number of ether oxygens (including phenoxy) is 1. The van der Waals surface area contributed by atoms with Crippen molar-refractivity contribution >= 4 is 0 Å². The fraction of sp³-hybridized carbons (Fsp3) is 0.294. The smallest absolute Gasteiger partial charge is 0.118 e.